The molecule has 1 saturated heterocycles. The maximum atomic E-state index is 13.3. The van der Waals surface area contributed by atoms with Crippen molar-refractivity contribution >= 4 is 33.6 Å². The molecule has 1 heterocycles. The predicted octanol–water partition coefficient (Wildman–Crippen LogP) is 2.31. The molecule has 2 atom stereocenters. The third-order valence-electron chi connectivity index (χ3n) is 5.21. The van der Waals surface area contributed by atoms with E-state index in [2.05, 4.69) is 9.46 Å². The number of hydrogen-bond acceptors (Lipinski definition) is 8. The molecule has 182 valence electrons. The highest BCUT2D eigenvalue weighted by atomic mass is 32.2. The van der Waals surface area contributed by atoms with Gasteiger partial charge in [-0.15, -0.1) is 0 Å². The molecular formula is C23H26N2O8S. The summed E-state index contributed by atoms with van der Waals surface area (Å²) in [5, 5.41) is 0. The molecule has 3 rings (SSSR count). The normalized spacial score (nSPS) is 18.2. The molecule has 34 heavy (non-hydrogen) atoms. The van der Waals surface area contributed by atoms with Crippen molar-refractivity contribution in [2.75, 3.05) is 32.0 Å². The van der Waals surface area contributed by atoms with Gasteiger partial charge in [-0.2, -0.15) is 0 Å². The van der Waals surface area contributed by atoms with Gasteiger partial charge < -0.3 is 19.1 Å². The molecule has 11 heteroatoms. The molecule has 10 nitrogen and oxygen atoms in total. The molecule has 0 radical (unpaired) electrons. The van der Waals surface area contributed by atoms with Crippen LogP contribution in [-0.2, 0) is 24.2 Å². The molecule has 1 amide bonds. The molecule has 1 aliphatic heterocycles. The number of amides is 1. The van der Waals surface area contributed by atoms with Crippen molar-refractivity contribution in [3.8, 4) is 0 Å². The monoisotopic (exact) mass is 490 g/mol. The van der Waals surface area contributed by atoms with Crippen LogP contribution in [0.15, 0.2) is 47.4 Å². The van der Waals surface area contributed by atoms with E-state index in [0.717, 1.165) is 20.3 Å². The Kier molecular flexibility index (Phi) is 7.57. The molecule has 1 N–H and O–H groups in total. The van der Waals surface area contributed by atoms with Crippen LogP contribution in [-0.4, -0.2) is 70.7 Å². The average Bonchev–Trinajstić information content (AvgIpc) is 2.81. The van der Waals surface area contributed by atoms with Crippen LogP contribution in [0.4, 0.5) is 5.69 Å². The zero-order valence-electron chi connectivity index (χ0n) is 19.2. The van der Waals surface area contributed by atoms with E-state index < -0.39 is 26.9 Å². The van der Waals surface area contributed by atoms with Gasteiger partial charge in [-0.1, -0.05) is 12.1 Å². The SMILES string of the molecule is COC(=O)c1ccc(C(=O)OC)c(S(=O)(=O)Nc2ccccc2C(=O)N2CC(C)OC(C)C2)c1. The smallest absolute Gasteiger partial charge is 0.339 e. The van der Waals surface area contributed by atoms with Gasteiger partial charge in [0, 0.05) is 13.1 Å². The molecule has 2 aromatic carbocycles. The summed E-state index contributed by atoms with van der Waals surface area (Å²) in [6.45, 7) is 4.43. The number of hydrogen-bond donors (Lipinski definition) is 1. The van der Waals surface area contributed by atoms with Crippen LogP contribution in [0.1, 0.15) is 44.9 Å². The standard InChI is InChI=1S/C23H26N2O8S/c1-14-12-25(13-15(2)33-14)21(26)17-7-5-6-8-19(17)24-34(29,30)20-11-16(22(27)31-3)9-10-18(20)23(28)32-4/h5-11,14-15,24H,12-13H2,1-4H3. The first-order valence-corrected chi connectivity index (χ1v) is 11.9. The van der Waals surface area contributed by atoms with Gasteiger partial charge in [-0.25, -0.2) is 18.0 Å². The Morgan fingerprint density at radius 1 is 0.941 bits per heavy atom. The fourth-order valence-electron chi connectivity index (χ4n) is 3.74. The number of methoxy groups -OCH3 is 2. The number of rotatable bonds is 6. The minimum atomic E-state index is -4.43. The summed E-state index contributed by atoms with van der Waals surface area (Å²) < 4.78 is 44.1. The average molecular weight is 491 g/mol. The number of esters is 2. The number of anilines is 1. The summed E-state index contributed by atoms with van der Waals surface area (Å²) in [7, 11) is -2.16. The summed E-state index contributed by atoms with van der Waals surface area (Å²) in [6.07, 6.45) is -0.333. The van der Waals surface area contributed by atoms with Gasteiger partial charge in [0.1, 0.15) is 4.90 Å². The van der Waals surface area contributed by atoms with E-state index in [-0.39, 0.29) is 40.5 Å². The van der Waals surface area contributed by atoms with Gasteiger partial charge in [-0.05, 0) is 44.2 Å². The maximum absolute atomic E-state index is 13.3. The van der Waals surface area contributed by atoms with E-state index in [1.54, 1.807) is 17.0 Å². The van der Waals surface area contributed by atoms with Crippen LogP contribution >= 0.6 is 0 Å². The molecular weight excluding hydrogens is 464 g/mol. The fourth-order valence-corrected chi connectivity index (χ4v) is 5.04. The molecule has 0 spiro atoms. The van der Waals surface area contributed by atoms with Crippen molar-refractivity contribution in [3.05, 3.63) is 59.2 Å². The highest BCUT2D eigenvalue weighted by molar-refractivity contribution is 7.92. The Bertz CT molecular complexity index is 1200. The van der Waals surface area contributed by atoms with Gasteiger partial charge in [0.05, 0.1) is 48.8 Å². The van der Waals surface area contributed by atoms with Crippen molar-refractivity contribution in [1.82, 2.24) is 4.90 Å². The predicted molar refractivity (Wildman–Crippen MR) is 122 cm³/mol. The number of ether oxygens (including phenoxy) is 3. The van der Waals surface area contributed by atoms with Crippen molar-refractivity contribution in [2.45, 2.75) is 31.0 Å². The van der Waals surface area contributed by atoms with E-state index in [1.165, 1.54) is 24.3 Å². The first kappa shape index (κ1) is 25.2. The summed E-state index contributed by atoms with van der Waals surface area (Å²) in [6, 6.07) is 9.60. The van der Waals surface area contributed by atoms with E-state index >= 15 is 0 Å². The molecule has 0 saturated carbocycles. The second-order valence-corrected chi connectivity index (χ2v) is 9.46. The van der Waals surface area contributed by atoms with Crippen LogP contribution in [0.25, 0.3) is 0 Å². The van der Waals surface area contributed by atoms with Crippen LogP contribution in [0.2, 0.25) is 0 Å². The van der Waals surface area contributed by atoms with Crippen LogP contribution in [0.3, 0.4) is 0 Å². The highest BCUT2D eigenvalue weighted by Gasteiger charge is 2.30. The summed E-state index contributed by atoms with van der Waals surface area (Å²) >= 11 is 0. The third kappa shape index (κ3) is 5.37. The van der Waals surface area contributed by atoms with E-state index in [4.69, 9.17) is 9.47 Å². The van der Waals surface area contributed by atoms with E-state index in [1.807, 2.05) is 13.8 Å². The lowest BCUT2D eigenvalue weighted by Gasteiger charge is -2.35. The quantitative estimate of drug-likeness (QED) is 0.611. The van der Waals surface area contributed by atoms with Crippen molar-refractivity contribution in [2.24, 2.45) is 0 Å². The number of carbonyl (C=O) groups is 3. The lowest BCUT2D eigenvalue weighted by atomic mass is 10.1. The first-order valence-electron chi connectivity index (χ1n) is 10.4. The van der Waals surface area contributed by atoms with Gasteiger partial charge in [0.25, 0.3) is 15.9 Å². The van der Waals surface area contributed by atoms with Gasteiger partial charge in [0.2, 0.25) is 0 Å². The zero-order valence-corrected chi connectivity index (χ0v) is 20.0. The Labute approximate surface area is 197 Å². The molecule has 2 aromatic rings. The van der Waals surface area contributed by atoms with Gasteiger partial charge >= 0.3 is 11.9 Å². The van der Waals surface area contributed by atoms with Gasteiger partial charge in [-0.3, -0.25) is 9.52 Å². The van der Waals surface area contributed by atoms with E-state index in [0.29, 0.717) is 13.1 Å². The number of nitrogens with zero attached hydrogens (tertiary/aromatic N) is 1. The van der Waals surface area contributed by atoms with Crippen LogP contribution in [0.5, 0.6) is 0 Å². The summed E-state index contributed by atoms with van der Waals surface area (Å²) in [5.74, 6) is -2.05. The minimum absolute atomic E-state index is 0.0265. The lowest BCUT2D eigenvalue weighted by molar-refractivity contribution is -0.0585. The highest BCUT2D eigenvalue weighted by Crippen LogP contribution is 2.26. The lowest BCUT2D eigenvalue weighted by Crippen LogP contribution is -2.48. The molecule has 0 aromatic heterocycles. The molecule has 0 aliphatic carbocycles. The molecule has 0 bridgehead atoms. The van der Waals surface area contributed by atoms with Crippen molar-refractivity contribution in [1.29, 1.82) is 0 Å². The third-order valence-corrected chi connectivity index (χ3v) is 6.61. The Balaban J connectivity index is 2.01. The molecule has 1 fully saturated rings. The second-order valence-electron chi connectivity index (χ2n) is 7.81. The Morgan fingerprint density at radius 2 is 1.56 bits per heavy atom. The first-order chi connectivity index (χ1) is 16.1. The van der Waals surface area contributed by atoms with Crippen LogP contribution < -0.4 is 4.72 Å². The second kappa shape index (κ2) is 10.2. The van der Waals surface area contributed by atoms with E-state index in [9.17, 15) is 22.8 Å². The van der Waals surface area contributed by atoms with Gasteiger partial charge in [0.15, 0.2) is 0 Å². The maximum Gasteiger partial charge on any atom is 0.339 e. The number of sulfonamides is 1. The largest absolute Gasteiger partial charge is 0.465 e. The zero-order chi connectivity index (χ0) is 25.0. The Morgan fingerprint density at radius 3 is 2.18 bits per heavy atom. The topological polar surface area (TPSA) is 128 Å². The van der Waals surface area contributed by atoms with Crippen molar-refractivity contribution < 1.29 is 37.0 Å². The number of morpholine rings is 1. The number of carbonyl (C=O) groups excluding carboxylic acids is 3. The number of benzene rings is 2. The number of nitrogens with one attached hydrogen (secondary N) is 1. The molecule has 2 unspecified atom stereocenters. The Hall–Kier alpha value is -3.44. The number of para-hydroxylation sites is 1. The summed E-state index contributed by atoms with van der Waals surface area (Å²) in [4.78, 5) is 38.5. The fraction of sp³-hybridized carbons (Fsp3) is 0.348. The summed E-state index contributed by atoms with van der Waals surface area (Å²) in [5.41, 5.74) is -0.187. The van der Waals surface area contributed by atoms with Crippen LogP contribution in [0, 0.1) is 0 Å². The minimum Gasteiger partial charge on any atom is -0.465 e. The van der Waals surface area contributed by atoms with Crippen molar-refractivity contribution in [3.63, 3.8) is 0 Å². The molecule has 1 aliphatic rings.